The molecule has 3 aromatic carbocycles. The highest BCUT2D eigenvalue weighted by Gasteiger charge is 2.38. The van der Waals surface area contributed by atoms with Gasteiger partial charge in [-0.15, -0.1) is 0 Å². The zero-order valence-corrected chi connectivity index (χ0v) is 41.7. The summed E-state index contributed by atoms with van der Waals surface area (Å²) in [6, 6.07) is 17.0. The van der Waals surface area contributed by atoms with Gasteiger partial charge in [0, 0.05) is 87.2 Å². The number of hydrogen-bond acceptors (Lipinski definition) is 11. The van der Waals surface area contributed by atoms with Crippen LogP contribution < -0.4 is 14.2 Å². The molecule has 0 aliphatic heterocycles. The summed E-state index contributed by atoms with van der Waals surface area (Å²) in [7, 11) is 12.3. The molecule has 6 aromatic rings. The number of aromatic amines is 3. The van der Waals surface area contributed by atoms with Crippen LogP contribution in [-0.2, 0) is 33.5 Å². The van der Waals surface area contributed by atoms with E-state index in [9.17, 15) is 14.4 Å². The maximum atomic E-state index is 12.4. The van der Waals surface area contributed by atoms with Crippen LogP contribution in [0.2, 0.25) is 0 Å². The molecule has 0 atom stereocenters. The highest BCUT2D eigenvalue weighted by molar-refractivity contribution is 6.03. The van der Waals surface area contributed by atoms with Crippen molar-refractivity contribution in [3.63, 3.8) is 0 Å². The molecule has 367 valence electrons. The van der Waals surface area contributed by atoms with Crippen molar-refractivity contribution in [2.24, 2.45) is 11.3 Å². The number of esters is 1. The average molecular weight is 926 g/mol. The van der Waals surface area contributed by atoms with Crippen molar-refractivity contribution in [3.05, 3.63) is 107 Å². The Bertz CT molecular complexity index is 2640. The highest BCUT2D eigenvalue weighted by atomic mass is 16.7. The second-order valence-corrected chi connectivity index (χ2v) is 19.3. The van der Waals surface area contributed by atoms with Gasteiger partial charge in [0.25, 0.3) is 0 Å². The maximum absolute atomic E-state index is 12.4. The molecule has 14 heteroatoms. The van der Waals surface area contributed by atoms with Gasteiger partial charge >= 0.3 is 18.3 Å². The summed E-state index contributed by atoms with van der Waals surface area (Å²) in [5.41, 5.74) is 8.15. The van der Waals surface area contributed by atoms with E-state index in [-0.39, 0.29) is 27.7 Å². The Balaban J connectivity index is 0.000000353. The predicted molar refractivity (Wildman–Crippen MR) is 273 cm³/mol. The third-order valence-corrected chi connectivity index (χ3v) is 10.7. The fraction of sp³-hybridized carbons (Fsp3) is 0.434. The lowest BCUT2D eigenvalue weighted by atomic mass is 9.93. The van der Waals surface area contributed by atoms with Crippen molar-refractivity contribution in [3.8, 4) is 17.2 Å². The minimum absolute atomic E-state index is 0. The summed E-state index contributed by atoms with van der Waals surface area (Å²) < 4.78 is 26.6. The Morgan fingerprint density at radius 1 is 0.582 bits per heavy atom. The Hall–Kier alpha value is -6.09. The first-order valence-corrected chi connectivity index (χ1v) is 23.0. The molecule has 3 N–H and O–H groups in total. The number of carbonyl (C=O) groups excluding carboxylic acids is 3. The smallest absolute Gasteiger partial charge is 0.434 e. The van der Waals surface area contributed by atoms with Crippen LogP contribution in [-0.4, -0.2) is 123 Å². The molecule has 1 aliphatic rings. The van der Waals surface area contributed by atoms with E-state index < -0.39 is 12.3 Å². The van der Waals surface area contributed by atoms with Gasteiger partial charge in [-0.3, -0.25) is 0 Å². The number of likely N-dealkylation sites (N-methyl/N-ethyl adjacent to an activating group) is 3. The van der Waals surface area contributed by atoms with Crippen LogP contribution >= 0.6 is 0 Å². The van der Waals surface area contributed by atoms with Crippen LogP contribution in [0.25, 0.3) is 32.7 Å². The number of carbonyl (C=O) groups is 3. The maximum Gasteiger partial charge on any atom is 0.514 e. The van der Waals surface area contributed by atoms with Crippen molar-refractivity contribution in [1.29, 1.82) is 0 Å². The Morgan fingerprint density at radius 3 is 1.31 bits per heavy atom. The van der Waals surface area contributed by atoms with Crippen LogP contribution in [0.3, 0.4) is 0 Å². The summed E-state index contributed by atoms with van der Waals surface area (Å²) in [6.07, 6.45) is 9.02. The van der Waals surface area contributed by atoms with Crippen molar-refractivity contribution in [2.75, 3.05) is 68.5 Å². The van der Waals surface area contributed by atoms with Gasteiger partial charge in [0.15, 0.2) is 0 Å². The summed E-state index contributed by atoms with van der Waals surface area (Å²) in [5.74, 6) is 1.74. The lowest BCUT2D eigenvalue weighted by molar-refractivity contribution is -0.129. The molecule has 3 aromatic heterocycles. The van der Waals surface area contributed by atoms with E-state index in [0.717, 1.165) is 88.3 Å². The zero-order valence-electron chi connectivity index (χ0n) is 41.7. The molecule has 0 bridgehead atoms. The molecule has 3 heterocycles. The van der Waals surface area contributed by atoms with Gasteiger partial charge in [0.2, 0.25) is 0 Å². The molecular weight excluding hydrogens is 849 g/mol. The lowest BCUT2D eigenvalue weighted by Crippen LogP contribution is -2.16. The Kier molecular flexibility index (Phi) is 18.3. The second kappa shape index (κ2) is 23.6. The number of nitrogens with one attached hydrogen (secondary N) is 3. The van der Waals surface area contributed by atoms with E-state index >= 15 is 0 Å². The molecule has 0 saturated carbocycles. The topological polar surface area (TPSA) is 154 Å². The number of allylic oxidation sites excluding steroid dienone is 1. The minimum Gasteiger partial charge on any atom is -0.434 e. The molecular formula is C53H77N6O8. The van der Waals surface area contributed by atoms with E-state index in [0.29, 0.717) is 29.4 Å². The zero-order chi connectivity index (χ0) is 49.0. The molecule has 14 nitrogen and oxygen atoms in total. The Morgan fingerprint density at radius 2 is 0.970 bits per heavy atom. The van der Waals surface area contributed by atoms with Gasteiger partial charge in [0.05, 0.1) is 12.7 Å². The highest BCUT2D eigenvalue weighted by Crippen LogP contribution is 2.44. The van der Waals surface area contributed by atoms with Crippen molar-refractivity contribution < 1.29 is 42.3 Å². The molecule has 1 radical (unpaired) electrons. The molecule has 0 unspecified atom stereocenters. The lowest BCUT2D eigenvalue weighted by Gasteiger charge is -2.12. The molecule has 0 saturated heterocycles. The molecule has 1 aliphatic carbocycles. The third kappa shape index (κ3) is 15.2. The fourth-order valence-electron chi connectivity index (χ4n) is 7.25. The van der Waals surface area contributed by atoms with Crippen molar-refractivity contribution in [1.82, 2.24) is 29.7 Å². The third-order valence-electron chi connectivity index (χ3n) is 10.7. The van der Waals surface area contributed by atoms with Gasteiger partial charge in [-0.2, -0.15) is 0 Å². The number of aromatic nitrogens is 3. The number of H-pyrrole nitrogens is 3. The summed E-state index contributed by atoms with van der Waals surface area (Å²) >= 11 is 0. The molecule has 67 heavy (non-hydrogen) atoms. The monoisotopic (exact) mass is 926 g/mol. The average Bonchev–Trinajstić information content (AvgIpc) is 3.56. The van der Waals surface area contributed by atoms with Crippen LogP contribution in [0.4, 0.5) is 9.59 Å². The largest absolute Gasteiger partial charge is 0.514 e. The summed E-state index contributed by atoms with van der Waals surface area (Å²) in [6.45, 7) is 17.0. The number of rotatable bonds is 16. The van der Waals surface area contributed by atoms with Crippen LogP contribution in [0.5, 0.6) is 17.2 Å². The van der Waals surface area contributed by atoms with Crippen LogP contribution in [0.15, 0.2) is 84.3 Å². The van der Waals surface area contributed by atoms with E-state index in [1.807, 2.05) is 110 Å². The van der Waals surface area contributed by atoms with Crippen LogP contribution in [0.1, 0.15) is 69.4 Å². The molecule has 0 amide bonds. The summed E-state index contributed by atoms with van der Waals surface area (Å²) in [4.78, 5) is 52.0. The van der Waals surface area contributed by atoms with Gasteiger partial charge in [-0.25, -0.2) is 14.4 Å². The number of ether oxygens (including phenoxy) is 5. The number of fused-ring (bicyclic) bond motifs is 3. The van der Waals surface area contributed by atoms with E-state index in [1.165, 1.54) is 5.56 Å². The number of nitrogens with zero attached hydrogens (tertiary/aromatic N) is 3. The van der Waals surface area contributed by atoms with Crippen molar-refractivity contribution >= 4 is 51.0 Å². The fourth-order valence-corrected chi connectivity index (χ4v) is 7.25. The van der Waals surface area contributed by atoms with Gasteiger partial charge in [0.1, 0.15) is 17.2 Å². The first kappa shape index (κ1) is 51.9. The van der Waals surface area contributed by atoms with Crippen molar-refractivity contribution in [2.45, 2.75) is 73.8 Å². The molecule has 0 spiro atoms. The van der Waals surface area contributed by atoms with Gasteiger partial charge in [-0.1, -0.05) is 52.8 Å². The quantitative estimate of drug-likeness (QED) is 0.0483. The SMILES string of the molecule is CC(C)COC(=O)Oc1cccc2[nH]cc(CCN(C)C)c12.CC(C)OC(=O)Oc1cccc2[nH]cc(CCN(C)C)c12.CN(C)CCc1c[nH]c2cccc(OC(=O)C3=C(C(C)(C)C)[CH]3)c12.[HH].[HH].[HH]. The van der Waals surface area contributed by atoms with E-state index in [2.05, 4.69) is 64.5 Å². The number of benzene rings is 3. The predicted octanol–water partition coefficient (Wildman–Crippen LogP) is 11.1. The van der Waals surface area contributed by atoms with E-state index in [1.54, 1.807) is 26.0 Å². The van der Waals surface area contributed by atoms with Gasteiger partial charge < -0.3 is 53.3 Å². The number of hydrogen-bond donors (Lipinski definition) is 3. The first-order chi connectivity index (χ1) is 31.7. The van der Waals surface area contributed by atoms with Gasteiger partial charge in [-0.05, 0) is 145 Å². The molecule has 0 fully saturated rings. The first-order valence-electron chi connectivity index (χ1n) is 23.0. The minimum atomic E-state index is -0.669. The Labute approximate surface area is 400 Å². The summed E-state index contributed by atoms with van der Waals surface area (Å²) in [5, 5.41) is 2.90. The van der Waals surface area contributed by atoms with Crippen LogP contribution in [0, 0.1) is 17.8 Å². The standard InChI is InChI=1S/C20H25N2O2.C17H24N2O3.C16H22N2O3.3H2/c1-20(2,3)15-11-14(15)19(23)24-17-8-6-7-16-18(17)13(12-21-16)9-10-22(4)5;1-12(2)11-21-17(20)22-15-7-5-6-14-16(15)13(10-18-14)8-9-19(3)4;1-11(2)20-16(19)21-14-7-5-6-13-15(14)12(10-17-13)8-9-18(3)4;;;/h6-8,11-12,21H,9-10H2,1-5H3;5-7,10,12,18H,8-9,11H2,1-4H3;5-7,10-11,17H,8-9H2,1-4H3;3*1H. The second-order valence-electron chi connectivity index (χ2n) is 19.3. The van der Waals surface area contributed by atoms with E-state index in [4.69, 9.17) is 23.7 Å². The normalized spacial score (nSPS) is 12.5. The molecule has 7 rings (SSSR count).